The van der Waals surface area contributed by atoms with E-state index >= 15 is 0 Å². The number of nitrogens with one attached hydrogen (secondary N) is 1. The highest BCUT2D eigenvalue weighted by molar-refractivity contribution is 5.90. The Kier molecular flexibility index (Phi) is 3.38. The first-order valence-corrected chi connectivity index (χ1v) is 6.81. The van der Waals surface area contributed by atoms with E-state index in [1.807, 2.05) is 6.07 Å². The van der Waals surface area contributed by atoms with Gasteiger partial charge in [-0.05, 0) is 31.4 Å². The first kappa shape index (κ1) is 12.4. The first-order valence-electron chi connectivity index (χ1n) is 6.81. The largest absolute Gasteiger partial charge is 0.465 e. The highest BCUT2D eigenvalue weighted by Gasteiger charge is 2.29. The molecular formula is C14H19N3O2. The van der Waals surface area contributed by atoms with Crippen LogP contribution in [-0.4, -0.2) is 43.2 Å². The lowest BCUT2D eigenvalue weighted by Gasteiger charge is -2.25. The number of nitrogens with zero attached hydrogens (tertiary/aromatic N) is 2. The molecule has 0 aromatic carbocycles. The molecule has 0 amide bonds. The fraction of sp³-hybridized carbons (Fsp3) is 0.571. The van der Waals surface area contributed by atoms with Crippen LogP contribution >= 0.6 is 0 Å². The molecule has 2 aliphatic rings. The van der Waals surface area contributed by atoms with Gasteiger partial charge in [0.1, 0.15) is 5.82 Å². The molecule has 2 bridgehead atoms. The fourth-order valence-corrected chi connectivity index (χ4v) is 2.99. The first-order chi connectivity index (χ1) is 9.26. The van der Waals surface area contributed by atoms with Crippen molar-refractivity contribution in [3.8, 4) is 0 Å². The molecule has 1 N–H and O–H groups in total. The molecule has 102 valence electrons. The number of anilines is 1. The molecule has 1 aromatic heterocycles. The van der Waals surface area contributed by atoms with Crippen LogP contribution in [0.5, 0.6) is 0 Å². The van der Waals surface area contributed by atoms with Crippen molar-refractivity contribution in [2.45, 2.75) is 31.3 Å². The van der Waals surface area contributed by atoms with Gasteiger partial charge < -0.3 is 15.0 Å². The van der Waals surface area contributed by atoms with Crippen molar-refractivity contribution < 1.29 is 9.53 Å². The third-order valence-electron chi connectivity index (χ3n) is 4.01. The molecule has 2 atom stereocenters. The molecule has 0 spiro atoms. The fourth-order valence-electron chi connectivity index (χ4n) is 2.99. The summed E-state index contributed by atoms with van der Waals surface area (Å²) in [5.74, 6) is 0.565. The maximum Gasteiger partial charge on any atom is 0.338 e. The summed E-state index contributed by atoms with van der Waals surface area (Å²) in [5, 5.41) is 3.64. The zero-order valence-electron chi connectivity index (χ0n) is 11.1. The molecule has 2 fully saturated rings. The minimum absolute atomic E-state index is 0.307. The van der Waals surface area contributed by atoms with Crippen LogP contribution in [-0.2, 0) is 4.74 Å². The van der Waals surface area contributed by atoms with Crippen LogP contribution < -0.4 is 10.2 Å². The highest BCUT2D eigenvalue weighted by Crippen LogP contribution is 2.24. The van der Waals surface area contributed by atoms with E-state index in [9.17, 15) is 4.79 Å². The highest BCUT2D eigenvalue weighted by atomic mass is 16.5. The van der Waals surface area contributed by atoms with Crippen molar-refractivity contribution in [2.75, 3.05) is 25.1 Å². The average Bonchev–Trinajstić information content (AvgIpc) is 2.77. The molecule has 5 nitrogen and oxygen atoms in total. The standard InChI is InChI=1S/C14H19N3O2/c1-19-14(18)10-4-6-15-13(8-10)17-7-5-11-2-3-12(9-17)16-11/h4,6,8,11-12,16H,2-3,5,7,9H2,1H3. The van der Waals surface area contributed by atoms with E-state index in [-0.39, 0.29) is 5.97 Å². The molecule has 0 aliphatic carbocycles. The Morgan fingerprint density at radius 3 is 3.11 bits per heavy atom. The molecule has 2 unspecified atom stereocenters. The minimum atomic E-state index is -0.307. The summed E-state index contributed by atoms with van der Waals surface area (Å²) >= 11 is 0. The van der Waals surface area contributed by atoms with Crippen LogP contribution in [0.2, 0.25) is 0 Å². The second kappa shape index (κ2) is 5.17. The van der Waals surface area contributed by atoms with Crippen LogP contribution in [0.1, 0.15) is 29.6 Å². The van der Waals surface area contributed by atoms with E-state index in [2.05, 4.69) is 15.2 Å². The van der Waals surface area contributed by atoms with Crippen LogP contribution in [0.4, 0.5) is 5.82 Å². The monoisotopic (exact) mass is 261 g/mol. The quantitative estimate of drug-likeness (QED) is 0.811. The SMILES string of the molecule is COC(=O)c1ccnc(N2CCC3CCC(C2)N3)c1. The minimum Gasteiger partial charge on any atom is -0.465 e. The van der Waals surface area contributed by atoms with Gasteiger partial charge in [-0.2, -0.15) is 0 Å². The summed E-state index contributed by atoms with van der Waals surface area (Å²) in [4.78, 5) is 18.2. The van der Waals surface area contributed by atoms with E-state index < -0.39 is 0 Å². The van der Waals surface area contributed by atoms with Crippen molar-refractivity contribution in [1.29, 1.82) is 0 Å². The Bertz CT molecular complexity index is 478. The van der Waals surface area contributed by atoms with E-state index in [1.54, 1.807) is 12.3 Å². The van der Waals surface area contributed by atoms with Gasteiger partial charge in [-0.25, -0.2) is 9.78 Å². The lowest BCUT2D eigenvalue weighted by atomic mass is 10.1. The molecule has 1 aromatic rings. The Morgan fingerprint density at radius 2 is 2.26 bits per heavy atom. The number of carbonyl (C=O) groups is 1. The van der Waals surface area contributed by atoms with Crippen molar-refractivity contribution in [2.24, 2.45) is 0 Å². The lowest BCUT2D eigenvalue weighted by Crippen LogP contribution is -2.35. The molecule has 19 heavy (non-hydrogen) atoms. The van der Waals surface area contributed by atoms with Crippen molar-refractivity contribution in [1.82, 2.24) is 10.3 Å². The number of esters is 1. The van der Waals surface area contributed by atoms with E-state index in [4.69, 9.17) is 4.74 Å². The second-order valence-corrected chi connectivity index (χ2v) is 5.27. The molecule has 0 saturated carbocycles. The Balaban J connectivity index is 1.79. The van der Waals surface area contributed by atoms with Crippen LogP contribution in [0.25, 0.3) is 0 Å². The summed E-state index contributed by atoms with van der Waals surface area (Å²) in [7, 11) is 1.40. The van der Waals surface area contributed by atoms with Gasteiger partial charge in [0, 0.05) is 31.4 Å². The molecule has 3 rings (SSSR count). The van der Waals surface area contributed by atoms with Gasteiger partial charge in [0.05, 0.1) is 12.7 Å². The topological polar surface area (TPSA) is 54.5 Å². The van der Waals surface area contributed by atoms with Gasteiger partial charge in [0.25, 0.3) is 0 Å². The van der Waals surface area contributed by atoms with E-state index in [0.717, 1.165) is 25.3 Å². The summed E-state index contributed by atoms with van der Waals surface area (Å²) in [5.41, 5.74) is 0.565. The number of fused-ring (bicyclic) bond motifs is 2. The number of methoxy groups -OCH3 is 1. The molecule has 0 radical (unpaired) electrons. The number of aromatic nitrogens is 1. The molecule has 5 heteroatoms. The number of hydrogen-bond acceptors (Lipinski definition) is 5. The smallest absolute Gasteiger partial charge is 0.338 e. The summed E-state index contributed by atoms with van der Waals surface area (Å²) in [6, 6.07) is 4.72. The number of hydrogen-bond donors (Lipinski definition) is 1. The average molecular weight is 261 g/mol. The number of pyridine rings is 1. The second-order valence-electron chi connectivity index (χ2n) is 5.27. The Morgan fingerprint density at radius 1 is 1.42 bits per heavy atom. The van der Waals surface area contributed by atoms with Crippen molar-refractivity contribution in [3.05, 3.63) is 23.9 Å². The summed E-state index contributed by atoms with van der Waals surface area (Å²) in [6.07, 6.45) is 5.34. The summed E-state index contributed by atoms with van der Waals surface area (Å²) in [6.45, 7) is 1.96. The number of rotatable bonds is 2. The normalized spacial score (nSPS) is 26.1. The van der Waals surface area contributed by atoms with E-state index in [1.165, 1.54) is 20.0 Å². The zero-order valence-corrected chi connectivity index (χ0v) is 11.1. The molecule has 2 aliphatic heterocycles. The number of carbonyl (C=O) groups excluding carboxylic acids is 1. The molecule has 3 heterocycles. The van der Waals surface area contributed by atoms with E-state index in [0.29, 0.717) is 17.6 Å². The van der Waals surface area contributed by atoms with Crippen LogP contribution in [0.15, 0.2) is 18.3 Å². The van der Waals surface area contributed by atoms with Gasteiger partial charge in [-0.1, -0.05) is 0 Å². The Labute approximate surface area is 113 Å². The maximum absolute atomic E-state index is 11.6. The predicted molar refractivity (Wildman–Crippen MR) is 72.4 cm³/mol. The number of ether oxygens (including phenoxy) is 1. The van der Waals surface area contributed by atoms with Crippen molar-refractivity contribution >= 4 is 11.8 Å². The molecular weight excluding hydrogens is 242 g/mol. The summed E-state index contributed by atoms with van der Waals surface area (Å²) < 4.78 is 4.76. The maximum atomic E-state index is 11.6. The van der Waals surface area contributed by atoms with Gasteiger partial charge in [0.2, 0.25) is 0 Å². The van der Waals surface area contributed by atoms with Gasteiger partial charge in [-0.3, -0.25) is 0 Å². The predicted octanol–water partition coefficient (Wildman–Crippen LogP) is 1.20. The van der Waals surface area contributed by atoms with Crippen molar-refractivity contribution in [3.63, 3.8) is 0 Å². The van der Waals surface area contributed by atoms with Crippen LogP contribution in [0, 0.1) is 0 Å². The molecule has 2 saturated heterocycles. The van der Waals surface area contributed by atoms with Gasteiger partial charge >= 0.3 is 5.97 Å². The third-order valence-corrected chi connectivity index (χ3v) is 4.01. The van der Waals surface area contributed by atoms with Gasteiger partial charge in [-0.15, -0.1) is 0 Å². The Hall–Kier alpha value is -1.62. The third kappa shape index (κ3) is 2.56. The van der Waals surface area contributed by atoms with Gasteiger partial charge in [0.15, 0.2) is 0 Å². The zero-order chi connectivity index (χ0) is 13.2. The lowest BCUT2D eigenvalue weighted by molar-refractivity contribution is 0.0600. The van der Waals surface area contributed by atoms with Crippen LogP contribution in [0.3, 0.4) is 0 Å².